The zero-order chi connectivity index (χ0) is 20.6. The second-order valence-electron chi connectivity index (χ2n) is 6.22. The molecule has 1 N–H and O–H groups in total. The lowest BCUT2D eigenvalue weighted by atomic mass is 10.1. The average molecular weight is 410 g/mol. The molecule has 0 aliphatic carbocycles. The van der Waals surface area contributed by atoms with Crippen LogP contribution in [0.1, 0.15) is 30.0 Å². The van der Waals surface area contributed by atoms with Gasteiger partial charge >= 0.3 is 0 Å². The van der Waals surface area contributed by atoms with E-state index in [2.05, 4.69) is 15.5 Å². The molecule has 0 radical (unpaired) electrons. The molecule has 0 fully saturated rings. The van der Waals surface area contributed by atoms with E-state index in [1.807, 2.05) is 41.8 Å². The monoisotopic (exact) mass is 410 g/mol. The molecule has 1 heterocycles. The number of ether oxygens (including phenoxy) is 1. The quantitative estimate of drug-likeness (QED) is 0.426. The Bertz CT molecular complexity index is 989. The van der Waals surface area contributed by atoms with Gasteiger partial charge < -0.3 is 14.6 Å². The zero-order valence-corrected chi connectivity index (χ0v) is 17.1. The molecule has 1 aromatic heterocycles. The van der Waals surface area contributed by atoms with Crippen molar-refractivity contribution in [2.45, 2.75) is 32.2 Å². The van der Waals surface area contributed by atoms with Crippen LogP contribution in [0.2, 0.25) is 0 Å². The largest absolute Gasteiger partial charge is 0.486 e. The summed E-state index contributed by atoms with van der Waals surface area (Å²) < 4.78 is 7.67. The van der Waals surface area contributed by atoms with Crippen molar-refractivity contribution in [1.82, 2.24) is 14.8 Å². The Morgan fingerprint density at radius 2 is 1.90 bits per heavy atom. The van der Waals surface area contributed by atoms with E-state index >= 15 is 0 Å². The van der Waals surface area contributed by atoms with Gasteiger partial charge in [0, 0.05) is 17.8 Å². The lowest BCUT2D eigenvalue weighted by Crippen LogP contribution is -2.15. The fourth-order valence-corrected chi connectivity index (χ4v) is 3.48. The van der Waals surface area contributed by atoms with Gasteiger partial charge in [0.2, 0.25) is 5.91 Å². The van der Waals surface area contributed by atoms with Crippen LogP contribution in [-0.4, -0.2) is 32.2 Å². The Morgan fingerprint density at radius 1 is 1.10 bits per heavy atom. The Balaban J connectivity index is 1.57. The number of ketones is 1. The number of rotatable bonds is 9. The van der Waals surface area contributed by atoms with Gasteiger partial charge in [-0.1, -0.05) is 42.1 Å². The molecule has 7 nitrogen and oxygen atoms in total. The van der Waals surface area contributed by atoms with E-state index in [-0.39, 0.29) is 17.4 Å². The lowest BCUT2D eigenvalue weighted by Gasteiger charge is -2.09. The standard InChI is InChI=1S/C21H22N4O3S/c1-3-25-19(13-28-18-10-5-4-6-11-18)23-24-21(25)29-14-20(27)22-17-9-7-8-16(12-17)15(2)26/h4-12H,3,13-14H2,1-2H3,(H,22,27). The molecule has 3 aromatic rings. The molecule has 150 valence electrons. The number of carbonyl (C=O) groups excluding carboxylic acids is 2. The van der Waals surface area contributed by atoms with E-state index in [0.717, 1.165) is 5.75 Å². The van der Waals surface area contributed by atoms with Crippen molar-refractivity contribution >= 4 is 29.1 Å². The summed E-state index contributed by atoms with van der Waals surface area (Å²) in [7, 11) is 0. The van der Waals surface area contributed by atoms with E-state index in [1.165, 1.54) is 18.7 Å². The molecular weight excluding hydrogens is 388 g/mol. The van der Waals surface area contributed by atoms with Crippen molar-refractivity contribution < 1.29 is 14.3 Å². The molecule has 2 aromatic carbocycles. The van der Waals surface area contributed by atoms with E-state index < -0.39 is 0 Å². The van der Waals surface area contributed by atoms with Gasteiger partial charge in [-0.15, -0.1) is 10.2 Å². The first-order valence-corrected chi connectivity index (χ1v) is 10.2. The van der Waals surface area contributed by atoms with Crippen molar-refractivity contribution in [3.63, 3.8) is 0 Å². The number of hydrogen-bond donors (Lipinski definition) is 1. The molecule has 0 saturated carbocycles. The Morgan fingerprint density at radius 3 is 2.62 bits per heavy atom. The molecule has 0 unspecified atom stereocenters. The first-order valence-electron chi connectivity index (χ1n) is 9.20. The van der Waals surface area contributed by atoms with E-state index in [1.54, 1.807) is 24.3 Å². The minimum Gasteiger partial charge on any atom is -0.486 e. The third-order valence-corrected chi connectivity index (χ3v) is 5.07. The van der Waals surface area contributed by atoms with Crippen molar-refractivity contribution in [2.75, 3.05) is 11.1 Å². The van der Waals surface area contributed by atoms with Crippen LogP contribution in [0.3, 0.4) is 0 Å². The summed E-state index contributed by atoms with van der Waals surface area (Å²) >= 11 is 1.31. The number of para-hydroxylation sites is 1. The minimum absolute atomic E-state index is 0.0447. The summed E-state index contributed by atoms with van der Waals surface area (Å²) in [6.45, 7) is 4.46. The van der Waals surface area contributed by atoms with E-state index in [0.29, 0.717) is 35.4 Å². The van der Waals surface area contributed by atoms with Gasteiger partial charge in [-0.2, -0.15) is 0 Å². The molecule has 0 aliphatic heterocycles. The summed E-state index contributed by atoms with van der Waals surface area (Å²) in [5, 5.41) is 11.8. The number of aromatic nitrogens is 3. The number of amides is 1. The number of benzene rings is 2. The predicted octanol–water partition coefficient (Wildman–Crippen LogP) is 3.81. The average Bonchev–Trinajstić information content (AvgIpc) is 3.13. The molecule has 0 atom stereocenters. The van der Waals surface area contributed by atoms with E-state index in [9.17, 15) is 9.59 Å². The summed E-state index contributed by atoms with van der Waals surface area (Å²) in [5.74, 6) is 1.43. The summed E-state index contributed by atoms with van der Waals surface area (Å²) in [6.07, 6.45) is 0. The van der Waals surface area contributed by atoms with Crippen LogP contribution in [0, 0.1) is 0 Å². The molecule has 3 rings (SSSR count). The highest BCUT2D eigenvalue weighted by molar-refractivity contribution is 7.99. The van der Waals surface area contributed by atoms with Gasteiger partial charge in [-0.05, 0) is 38.1 Å². The maximum atomic E-state index is 12.3. The summed E-state index contributed by atoms with van der Waals surface area (Å²) in [4.78, 5) is 23.8. The first kappa shape index (κ1) is 20.6. The summed E-state index contributed by atoms with van der Waals surface area (Å²) in [5.41, 5.74) is 1.15. The van der Waals surface area contributed by atoms with Crippen LogP contribution >= 0.6 is 11.8 Å². The van der Waals surface area contributed by atoms with Gasteiger partial charge in [0.15, 0.2) is 16.8 Å². The van der Waals surface area contributed by atoms with Crippen LogP contribution in [0.5, 0.6) is 5.75 Å². The first-order chi connectivity index (χ1) is 14.1. The third kappa shape index (κ3) is 5.68. The van der Waals surface area contributed by atoms with Crippen molar-refractivity contribution in [3.05, 3.63) is 66.0 Å². The Hall–Kier alpha value is -3.13. The number of thioether (sulfide) groups is 1. The second kappa shape index (κ2) is 9.88. The Kier molecular flexibility index (Phi) is 7.02. The molecule has 29 heavy (non-hydrogen) atoms. The third-order valence-electron chi connectivity index (χ3n) is 4.11. The van der Waals surface area contributed by atoms with Crippen molar-refractivity contribution in [1.29, 1.82) is 0 Å². The van der Waals surface area contributed by atoms with Crippen LogP contribution in [0.15, 0.2) is 59.8 Å². The highest BCUT2D eigenvalue weighted by Crippen LogP contribution is 2.19. The lowest BCUT2D eigenvalue weighted by molar-refractivity contribution is -0.113. The van der Waals surface area contributed by atoms with Crippen LogP contribution < -0.4 is 10.1 Å². The van der Waals surface area contributed by atoms with Gasteiger partial charge in [-0.25, -0.2) is 0 Å². The van der Waals surface area contributed by atoms with Crippen molar-refractivity contribution in [3.8, 4) is 5.75 Å². The van der Waals surface area contributed by atoms with Gasteiger partial charge in [0.05, 0.1) is 5.75 Å². The maximum absolute atomic E-state index is 12.3. The number of nitrogens with one attached hydrogen (secondary N) is 1. The zero-order valence-electron chi connectivity index (χ0n) is 16.3. The topological polar surface area (TPSA) is 86.1 Å². The number of carbonyl (C=O) groups is 2. The molecule has 1 amide bonds. The molecule has 0 spiro atoms. The number of Topliss-reactive ketones (excluding diaryl/α,β-unsaturated/α-hetero) is 1. The highest BCUT2D eigenvalue weighted by Gasteiger charge is 2.14. The predicted molar refractivity (Wildman–Crippen MR) is 112 cm³/mol. The van der Waals surface area contributed by atoms with E-state index in [4.69, 9.17) is 4.74 Å². The fourth-order valence-electron chi connectivity index (χ4n) is 2.66. The fraction of sp³-hybridized carbons (Fsp3) is 0.238. The molecule has 0 aliphatic rings. The molecule has 0 bridgehead atoms. The normalized spacial score (nSPS) is 10.6. The maximum Gasteiger partial charge on any atom is 0.234 e. The van der Waals surface area contributed by atoms with Gasteiger partial charge in [-0.3, -0.25) is 9.59 Å². The Labute approximate surface area is 173 Å². The summed E-state index contributed by atoms with van der Waals surface area (Å²) in [6, 6.07) is 16.4. The van der Waals surface area contributed by atoms with Crippen molar-refractivity contribution in [2.24, 2.45) is 0 Å². The second-order valence-corrected chi connectivity index (χ2v) is 7.16. The van der Waals surface area contributed by atoms with Gasteiger partial charge in [0.1, 0.15) is 12.4 Å². The number of nitrogens with zero attached hydrogens (tertiary/aromatic N) is 3. The number of anilines is 1. The highest BCUT2D eigenvalue weighted by atomic mass is 32.2. The van der Waals surface area contributed by atoms with Gasteiger partial charge in [0.25, 0.3) is 0 Å². The molecule has 0 saturated heterocycles. The SMILES string of the molecule is CCn1c(COc2ccccc2)nnc1SCC(=O)Nc1cccc(C(C)=O)c1. The number of hydrogen-bond acceptors (Lipinski definition) is 6. The van der Waals surface area contributed by atoms with Crippen LogP contribution in [0.25, 0.3) is 0 Å². The van der Waals surface area contributed by atoms with Crippen LogP contribution in [0.4, 0.5) is 5.69 Å². The molecular formula is C21H22N4O3S. The smallest absolute Gasteiger partial charge is 0.234 e. The van der Waals surface area contributed by atoms with Crippen LogP contribution in [-0.2, 0) is 17.9 Å². The minimum atomic E-state index is -0.177. The molecule has 8 heteroatoms.